The molecular weight excluding hydrogens is 246 g/mol. The Kier molecular flexibility index (Phi) is 5.75. The molecule has 5 heteroatoms. The van der Waals surface area contributed by atoms with E-state index in [1.165, 1.54) is 0 Å². The average molecular weight is 269 g/mol. The maximum absolute atomic E-state index is 11.8. The van der Waals surface area contributed by atoms with Gasteiger partial charge in [0.25, 0.3) is 0 Å². The van der Waals surface area contributed by atoms with Crippen molar-refractivity contribution in [2.45, 2.75) is 59.0 Å². The van der Waals surface area contributed by atoms with Crippen LogP contribution in [0.2, 0.25) is 0 Å². The summed E-state index contributed by atoms with van der Waals surface area (Å²) >= 11 is 1.64. The first-order valence-corrected chi connectivity index (χ1v) is 7.24. The summed E-state index contributed by atoms with van der Waals surface area (Å²) in [6.45, 7) is 8.02. The SMILES string of the molecule is CCCC(N)CC(=O)NC(C)c1sc(C)nc1C. The number of thiazole rings is 1. The number of nitrogens with two attached hydrogens (primary N) is 1. The molecule has 2 unspecified atom stereocenters. The fourth-order valence-electron chi connectivity index (χ4n) is 2.03. The molecule has 0 bridgehead atoms. The summed E-state index contributed by atoms with van der Waals surface area (Å²) in [4.78, 5) is 17.3. The average Bonchev–Trinajstić information content (AvgIpc) is 2.57. The van der Waals surface area contributed by atoms with Crippen LogP contribution in [0.25, 0.3) is 0 Å². The summed E-state index contributed by atoms with van der Waals surface area (Å²) in [5.74, 6) is 0.0221. The van der Waals surface area contributed by atoms with Gasteiger partial charge in [-0.25, -0.2) is 4.98 Å². The molecule has 1 amide bonds. The Bertz CT molecular complexity index is 403. The van der Waals surface area contributed by atoms with Gasteiger partial charge in [-0.2, -0.15) is 0 Å². The molecule has 0 spiro atoms. The van der Waals surface area contributed by atoms with Gasteiger partial charge in [-0.05, 0) is 27.2 Å². The van der Waals surface area contributed by atoms with Crippen molar-refractivity contribution in [3.8, 4) is 0 Å². The molecule has 0 radical (unpaired) electrons. The molecule has 0 aliphatic carbocycles. The van der Waals surface area contributed by atoms with Gasteiger partial charge in [0.1, 0.15) is 0 Å². The predicted octanol–water partition coefficient (Wildman–Crippen LogP) is 2.45. The van der Waals surface area contributed by atoms with Crippen molar-refractivity contribution in [2.75, 3.05) is 0 Å². The highest BCUT2D eigenvalue weighted by atomic mass is 32.1. The lowest BCUT2D eigenvalue weighted by Crippen LogP contribution is -2.33. The minimum absolute atomic E-state index is 0.0116. The van der Waals surface area contributed by atoms with Crippen LogP contribution >= 0.6 is 11.3 Å². The topological polar surface area (TPSA) is 68.0 Å². The highest BCUT2D eigenvalue weighted by Crippen LogP contribution is 2.24. The van der Waals surface area contributed by atoms with E-state index in [1.807, 2.05) is 20.8 Å². The highest BCUT2D eigenvalue weighted by molar-refractivity contribution is 7.11. The van der Waals surface area contributed by atoms with Crippen LogP contribution in [-0.4, -0.2) is 16.9 Å². The van der Waals surface area contributed by atoms with Crippen LogP contribution in [0.15, 0.2) is 0 Å². The molecule has 1 rings (SSSR count). The lowest BCUT2D eigenvalue weighted by molar-refractivity contribution is -0.122. The summed E-state index contributed by atoms with van der Waals surface area (Å²) in [6, 6.07) is -0.0241. The maximum atomic E-state index is 11.8. The summed E-state index contributed by atoms with van der Waals surface area (Å²) in [5.41, 5.74) is 6.87. The Morgan fingerprint density at radius 1 is 1.50 bits per heavy atom. The lowest BCUT2D eigenvalue weighted by Gasteiger charge is -2.15. The van der Waals surface area contributed by atoms with Crippen molar-refractivity contribution in [1.82, 2.24) is 10.3 Å². The lowest BCUT2D eigenvalue weighted by atomic mass is 10.1. The van der Waals surface area contributed by atoms with E-state index >= 15 is 0 Å². The second-order valence-electron chi connectivity index (χ2n) is 4.72. The molecular formula is C13H23N3OS. The zero-order valence-corrected chi connectivity index (χ0v) is 12.4. The number of rotatable bonds is 6. The molecule has 0 aliphatic rings. The van der Waals surface area contributed by atoms with E-state index in [4.69, 9.17) is 5.73 Å². The van der Waals surface area contributed by atoms with Gasteiger partial charge in [0.15, 0.2) is 0 Å². The van der Waals surface area contributed by atoms with Crippen LogP contribution in [0, 0.1) is 13.8 Å². The second kappa shape index (κ2) is 6.85. The summed E-state index contributed by atoms with van der Waals surface area (Å²) in [6.07, 6.45) is 2.30. The number of aryl methyl sites for hydroxylation is 2. The number of carbonyl (C=O) groups excluding carboxylic acids is 1. The zero-order valence-electron chi connectivity index (χ0n) is 11.6. The van der Waals surface area contributed by atoms with Crippen LogP contribution in [0.5, 0.6) is 0 Å². The summed E-state index contributed by atoms with van der Waals surface area (Å²) < 4.78 is 0. The molecule has 1 aromatic rings. The van der Waals surface area contributed by atoms with Crippen LogP contribution in [0.4, 0.5) is 0 Å². The molecule has 0 saturated carbocycles. The van der Waals surface area contributed by atoms with Gasteiger partial charge in [0.05, 0.1) is 16.7 Å². The van der Waals surface area contributed by atoms with Crippen LogP contribution < -0.4 is 11.1 Å². The van der Waals surface area contributed by atoms with Crippen LogP contribution in [0.3, 0.4) is 0 Å². The summed E-state index contributed by atoms with van der Waals surface area (Å²) in [7, 11) is 0. The number of carbonyl (C=O) groups is 1. The van der Waals surface area contributed by atoms with Gasteiger partial charge >= 0.3 is 0 Å². The third kappa shape index (κ3) is 4.38. The van der Waals surface area contributed by atoms with Gasteiger partial charge in [-0.15, -0.1) is 11.3 Å². The third-order valence-corrected chi connectivity index (χ3v) is 4.07. The number of hydrogen-bond donors (Lipinski definition) is 2. The number of aromatic nitrogens is 1. The number of amides is 1. The molecule has 0 fully saturated rings. The van der Waals surface area contributed by atoms with E-state index in [0.717, 1.165) is 28.4 Å². The van der Waals surface area contributed by atoms with Gasteiger partial charge in [0.2, 0.25) is 5.91 Å². The molecule has 0 aliphatic heterocycles. The van der Waals surface area contributed by atoms with E-state index in [9.17, 15) is 4.79 Å². The van der Waals surface area contributed by atoms with Crippen molar-refractivity contribution in [1.29, 1.82) is 0 Å². The Labute approximate surface area is 113 Å². The standard InChI is InChI=1S/C13H23N3OS/c1-5-6-11(14)7-12(17)16-9(3)13-8(2)15-10(4)18-13/h9,11H,5-7,14H2,1-4H3,(H,16,17). The normalized spacial score (nSPS) is 14.3. The first-order valence-electron chi connectivity index (χ1n) is 6.42. The van der Waals surface area contributed by atoms with Gasteiger partial charge in [-0.1, -0.05) is 13.3 Å². The number of hydrogen-bond acceptors (Lipinski definition) is 4. The van der Waals surface area contributed by atoms with E-state index in [2.05, 4.69) is 17.2 Å². The number of nitrogens with one attached hydrogen (secondary N) is 1. The van der Waals surface area contributed by atoms with Crippen molar-refractivity contribution >= 4 is 17.2 Å². The van der Waals surface area contributed by atoms with Gasteiger partial charge in [0, 0.05) is 17.3 Å². The van der Waals surface area contributed by atoms with E-state index < -0.39 is 0 Å². The van der Waals surface area contributed by atoms with Gasteiger partial charge < -0.3 is 11.1 Å². The quantitative estimate of drug-likeness (QED) is 0.833. The van der Waals surface area contributed by atoms with E-state index in [0.29, 0.717) is 6.42 Å². The fourth-order valence-corrected chi connectivity index (χ4v) is 2.96. The first-order chi connectivity index (χ1) is 8.43. The third-order valence-electron chi connectivity index (χ3n) is 2.82. The zero-order chi connectivity index (χ0) is 13.7. The Hall–Kier alpha value is -0.940. The largest absolute Gasteiger partial charge is 0.349 e. The van der Waals surface area contributed by atoms with Crippen molar-refractivity contribution < 1.29 is 4.79 Å². The minimum atomic E-state index is -0.0357. The van der Waals surface area contributed by atoms with Crippen molar-refractivity contribution in [3.05, 3.63) is 15.6 Å². The molecule has 1 aromatic heterocycles. The smallest absolute Gasteiger partial charge is 0.222 e. The van der Waals surface area contributed by atoms with E-state index in [1.54, 1.807) is 11.3 Å². The molecule has 2 atom stereocenters. The van der Waals surface area contributed by atoms with Crippen LogP contribution in [-0.2, 0) is 4.79 Å². The van der Waals surface area contributed by atoms with Crippen LogP contribution in [0.1, 0.15) is 54.7 Å². The molecule has 102 valence electrons. The molecule has 1 heterocycles. The highest BCUT2D eigenvalue weighted by Gasteiger charge is 2.16. The molecule has 3 N–H and O–H groups in total. The molecule has 0 saturated heterocycles. The Morgan fingerprint density at radius 3 is 2.67 bits per heavy atom. The van der Waals surface area contributed by atoms with Gasteiger partial charge in [-0.3, -0.25) is 4.79 Å². The molecule has 4 nitrogen and oxygen atoms in total. The van der Waals surface area contributed by atoms with Crippen molar-refractivity contribution in [3.63, 3.8) is 0 Å². The monoisotopic (exact) mass is 269 g/mol. The Morgan fingerprint density at radius 2 is 2.17 bits per heavy atom. The molecule has 0 aromatic carbocycles. The Balaban J connectivity index is 2.52. The molecule has 18 heavy (non-hydrogen) atoms. The van der Waals surface area contributed by atoms with Crippen molar-refractivity contribution in [2.24, 2.45) is 5.73 Å². The summed E-state index contributed by atoms with van der Waals surface area (Å²) in [5, 5.41) is 4.02. The number of nitrogens with zero attached hydrogens (tertiary/aromatic N) is 1. The fraction of sp³-hybridized carbons (Fsp3) is 0.692. The predicted molar refractivity (Wildman–Crippen MR) is 75.6 cm³/mol. The second-order valence-corrected chi connectivity index (χ2v) is 5.96. The maximum Gasteiger partial charge on any atom is 0.222 e. The van der Waals surface area contributed by atoms with E-state index in [-0.39, 0.29) is 18.0 Å². The minimum Gasteiger partial charge on any atom is -0.349 e. The first kappa shape index (κ1) is 15.1.